The number of carbonyl (C=O) groups is 2. The van der Waals surface area contributed by atoms with Crippen molar-refractivity contribution in [1.29, 1.82) is 0 Å². The lowest BCUT2D eigenvalue weighted by atomic mass is 10.1. The summed E-state index contributed by atoms with van der Waals surface area (Å²) in [6.45, 7) is 3.29. The molecule has 0 aliphatic heterocycles. The molecule has 1 N–H and O–H groups in total. The third-order valence-electron chi connectivity index (χ3n) is 3.75. The Balaban J connectivity index is 2.41. The zero-order valence-electron chi connectivity index (χ0n) is 14.2. The molecule has 0 saturated heterocycles. The van der Waals surface area contributed by atoms with Crippen LogP contribution in [0.25, 0.3) is 0 Å². The molecule has 2 aromatic rings. The maximum Gasteiger partial charge on any atom is 0.337 e. The van der Waals surface area contributed by atoms with E-state index in [1.807, 2.05) is 0 Å². The zero-order valence-corrected chi connectivity index (χ0v) is 15.0. The zero-order chi connectivity index (χ0) is 18.6. The lowest BCUT2D eigenvalue weighted by molar-refractivity contribution is 0.0600. The van der Waals surface area contributed by atoms with Crippen LogP contribution in [-0.4, -0.2) is 33.2 Å². The third kappa shape index (κ3) is 4.06. The molecule has 7 heteroatoms. The van der Waals surface area contributed by atoms with Gasteiger partial charge in [-0.05, 0) is 36.8 Å². The van der Waals surface area contributed by atoms with Gasteiger partial charge in [-0.15, -0.1) is 0 Å². The first-order valence-corrected chi connectivity index (χ1v) is 9.27. The van der Waals surface area contributed by atoms with Gasteiger partial charge in [0, 0.05) is 5.69 Å². The van der Waals surface area contributed by atoms with E-state index in [9.17, 15) is 18.0 Å². The molecule has 0 radical (unpaired) electrons. The summed E-state index contributed by atoms with van der Waals surface area (Å²) < 4.78 is 29.0. The molecule has 0 heterocycles. The van der Waals surface area contributed by atoms with Gasteiger partial charge in [-0.2, -0.15) is 0 Å². The van der Waals surface area contributed by atoms with Crippen LogP contribution in [0, 0.1) is 6.92 Å². The minimum Gasteiger partial charge on any atom is -0.465 e. The van der Waals surface area contributed by atoms with Crippen molar-refractivity contribution in [2.45, 2.75) is 18.7 Å². The molecular formula is C18H19NO5S. The van der Waals surface area contributed by atoms with Crippen molar-refractivity contribution in [3.05, 3.63) is 59.2 Å². The summed E-state index contributed by atoms with van der Waals surface area (Å²) in [5, 5.41) is 2.67. The Morgan fingerprint density at radius 1 is 1.12 bits per heavy atom. The number of esters is 1. The summed E-state index contributed by atoms with van der Waals surface area (Å²) in [6, 6.07) is 10.8. The quantitative estimate of drug-likeness (QED) is 0.827. The van der Waals surface area contributed by atoms with Crippen LogP contribution >= 0.6 is 0 Å². The van der Waals surface area contributed by atoms with Crippen molar-refractivity contribution in [3.8, 4) is 0 Å². The van der Waals surface area contributed by atoms with Crippen LogP contribution in [0.2, 0.25) is 0 Å². The van der Waals surface area contributed by atoms with Gasteiger partial charge in [0.1, 0.15) is 0 Å². The molecule has 0 aliphatic rings. The lowest BCUT2D eigenvalue weighted by Gasteiger charge is -2.12. The van der Waals surface area contributed by atoms with Crippen molar-refractivity contribution < 1.29 is 22.7 Å². The highest BCUT2D eigenvalue weighted by Crippen LogP contribution is 2.22. The second kappa shape index (κ2) is 7.48. The van der Waals surface area contributed by atoms with Crippen molar-refractivity contribution in [3.63, 3.8) is 0 Å². The SMILES string of the molecule is CCS(=O)(=O)c1ccccc1C(=O)Nc1cc(C(=O)OC)ccc1C. The highest BCUT2D eigenvalue weighted by Gasteiger charge is 2.21. The predicted octanol–water partition coefficient (Wildman–Crippen LogP) is 2.83. The fourth-order valence-corrected chi connectivity index (χ4v) is 3.36. The number of ether oxygens (including phenoxy) is 1. The average molecular weight is 361 g/mol. The second-order valence-electron chi connectivity index (χ2n) is 5.37. The molecule has 6 nitrogen and oxygen atoms in total. The molecule has 0 bridgehead atoms. The lowest BCUT2D eigenvalue weighted by Crippen LogP contribution is -2.18. The monoisotopic (exact) mass is 361 g/mol. The Labute approximate surface area is 146 Å². The van der Waals surface area contributed by atoms with Crippen molar-refractivity contribution >= 4 is 27.4 Å². The van der Waals surface area contributed by atoms with Gasteiger partial charge in [-0.1, -0.05) is 25.1 Å². The van der Waals surface area contributed by atoms with Crippen LogP contribution < -0.4 is 5.32 Å². The molecule has 2 aromatic carbocycles. The molecule has 0 saturated carbocycles. The molecule has 0 spiro atoms. The van der Waals surface area contributed by atoms with E-state index >= 15 is 0 Å². The highest BCUT2D eigenvalue weighted by atomic mass is 32.2. The number of hydrogen-bond acceptors (Lipinski definition) is 5. The van der Waals surface area contributed by atoms with Gasteiger partial charge in [0.05, 0.1) is 28.9 Å². The minimum absolute atomic E-state index is 0.0169. The van der Waals surface area contributed by atoms with E-state index in [0.717, 1.165) is 5.56 Å². The van der Waals surface area contributed by atoms with E-state index in [1.165, 1.54) is 32.2 Å². The number of hydrogen-bond donors (Lipinski definition) is 1. The predicted molar refractivity (Wildman–Crippen MR) is 94.6 cm³/mol. The first kappa shape index (κ1) is 18.7. The molecule has 0 aliphatic carbocycles. The van der Waals surface area contributed by atoms with Crippen LogP contribution in [0.15, 0.2) is 47.4 Å². The van der Waals surface area contributed by atoms with Gasteiger partial charge in [-0.25, -0.2) is 13.2 Å². The summed E-state index contributed by atoms with van der Waals surface area (Å²) >= 11 is 0. The number of nitrogens with one attached hydrogen (secondary N) is 1. The number of carbonyl (C=O) groups excluding carboxylic acids is 2. The minimum atomic E-state index is -3.54. The Morgan fingerprint density at radius 3 is 2.44 bits per heavy atom. The van der Waals surface area contributed by atoms with Gasteiger partial charge < -0.3 is 10.1 Å². The van der Waals surface area contributed by atoms with Gasteiger partial charge in [0.25, 0.3) is 5.91 Å². The normalized spacial score (nSPS) is 11.0. The van der Waals surface area contributed by atoms with E-state index < -0.39 is 21.7 Å². The highest BCUT2D eigenvalue weighted by molar-refractivity contribution is 7.91. The Morgan fingerprint density at radius 2 is 1.80 bits per heavy atom. The van der Waals surface area contributed by atoms with E-state index in [0.29, 0.717) is 5.69 Å². The maximum absolute atomic E-state index is 12.6. The Kier molecular flexibility index (Phi) is 5.58. The summed E-state index contributed by atoms with van der Waals surface area (Å²) in [5.74, 6) is -1.18. The second-order valence-corrected chi connectivity index (χ2v) is 7.62. The molecule has 1 amide bonds. The van der Waals surface area contributed by atoms with Crippen LogP contribution in [0.1, 0.15) is 33.2 Å². The van der Waals surface area contributed by atoms with Crippen molar-refractivity contribution in [2.24, 2.45) is 0 Å². The van der Waals surface area contributed by atoms with E-state index in [4.69, 9.17) is 0 Å². The van der Waals surface area contributed by atoms with Crippen LogP contribution in [0.4, 0.5) is 5.69 Å². The molecule has 0 fully saturated rings. The molecule has 0 atom stereocenters. The standard InChI is InChI=1S/C18H19NO5S/c1-4-25(22,23)16-8-6-5-7-14(16)17(20)19-15-11-13(18(21)24-3)10-9-12(15)2/h5-11H,4H2,1-3H3,(H,19,20). The van der Waals surface area contributed by atoms with Gasteiger partial charge >= 0.3 is 5.97 Å². The van der Waals surface area contributed by atoms with Crippen LogP contribution in [0.5, 0.6) is 0 Å². The number of benzene rings is 2. The third-order valence-corrected chi connectivity index (χ3v) is 5.54. The van der Waals surface area contributed by atoms with Gasteiger partial charge in [0.2, 0.25) is 0 Å². The molecule has 132 valence electrons. The number of aryl methyl sites for hydroxylation is 1. The number of anilines is 1. The summed E-state index contributed by atoms with van der Waals surface area (Å²) in [6.07, 6.45) is 0. The summed E-state index contributed by atoms with van der Waals surface area (Å²) in [7, 11) is -2.27. The first-order chi connectivity index (χ1) is 11.8. The maximum atomic E-state index is 12.6. The van der Waals surface area contributed by atoms with Crippen molar-refractivity contribution in [1.82, 2.24) is 0 Å². The van der Waals surface area contributed by atoms with Crippen LogP contribution in [0.3, 0.4) is 0 Å². The summed E-state index contributed by atoms with van der Waals surface area (Å²) in [4.78, 5) is 24.2. The largest absolute Gasteiger partial charge is 0.465 e. The van der Waals surface area contributed by atoms with Gasteiger partial charge in [0.15, 0.2) is 9.84 Å². The molecule has 0 unspecified atom stereocenters. The van der Waals surface area contributed by atoms with Gasteiger partial charge in [-0.3, -0.25) is 4.79 Å². The van der Waals surface area contributed by atoms with E-state index in [1.54, 1.807) is 31.2 Å². The fourth-order valence-electron chi connectivity index (χ4n) is 2.27. The number of methoxy groups -OCH3 is 1. The van der Waals surface area contributed by atoms with E-state index in [2.05, 4.69) is 10.1 Å². The van der Waals surface area contributed by atoms with Crippen LogP contribution in [-0.2, 0) is 14.6 Å². The number of amides is 1. The smallest absolute Gasteiger partial charge is 0.337 e. The molecule has 0 aromatic heterocycles. The Bertz CT molecular complexity index is 919. The number of sulfone groups is 1. The topological polar surface area (TPSA) is 89.5 Å². The van der Waals surface area contributed by atoms with E-state index in [-0.39, 0.29) is 21.8 Å². The molecule has 25 heavy (non-hydrogen) atoms. The summed E-state index contributed by atoms with van der Waals surface area (Å²) in [5.41, 5.74) is 1.50. The number of rotatable bonds is 5. The first-order valence-electron chi connectivity index (χ1n) is 7.62. The van der Waals surface area contributed by atoms with Crippen molar-refractivity contribution in [2.75, 3.05) is 18.2 Å². The average Bonchev–Trinajstić information content (AvgIpc) is 2.62. The molecular weight excluding hydrogens is 342 g/mol. The Hall–Kier alpha value is -2.67. The molecule has 2 rings (SSSR count). The fraction of sp³-hybridized carbons (Fsp3) is 0.222.